The van der Waals surface area contributed by atoms with Gasteiger partial charge in [-0.1, -0.05) is 39.5 Å². The average Bonchev–Trinajstić information content (AvgIpc) is 2.44. The van der Waals surface area contributed by atoms with Gasteiger partial charge in [-0.25, -0.2) is 0 Å². The Kier molecular flexibility index (Phi) is 8.56. The summed E-state index contributed by atoms with van der Waals surface area (Å²) < 4.78 is 5.05. The summed E-state index contributed by atoms with van der Waals surface area (Å²) in [5, 5.41) is 0. The zero-order valence-corrected chi connectivity index (χ0v) is 13.2. The molecule has 1 aliphatic rings. The van der Waals surface area contributed by atoms with E-state index >= 15 is 0 Å². The van der Waals surface area contributed by atoms with Gasteiger partial charge in [0.1, 0.15) is 5.78 Å². The first-order valence-corrected chi connectivity index (χ1v) is 8.35. The molecule has 1 rings (SSSR count). The van der Waals surface area contributed by atoms with Crippen molar-refractivity contribution < 1.29 is 14.3 Å². The van der Waals surface area contributed by atoms with Crippen molar-refractivity contribution in [2.24, 2.45) is 11.8 Å². The van der Waals surface area contributed by atoms with Crippen molar-refractivity contribution in [1.82, 2.24) is 0 Å². The van der Waals surface area contributed by atoms with Crippen molar-refractivity contribution in [3.63, 3.8) is 0 Å². The van der Waals surface area contributed by atoms with Gasteiger partial charge in [-0.3, -0.25) is 9.59 Å². The standard InChI is InChI=1S/C17H30O3/c1-3-5-6-7-14-8-9-15(16(18)13-14)10-11-17(19)20-12-4-2/h14-15H,3-13H2,1-2H3. The second kappa shape index (κ2) is 9.95. The molecule has 2 atom stereocenters. The zero-order valence-electron chi connectivity index (χ0n) is 13.2. The summed E-state index contributed by atoms with van der Waals surface area (Å²) in [4.78, 5) is 23.6. The molecule has 0 N–H and O–H groups in total. The lowest BCUT2D eigenvalue weighted by atomic mass is 9.77. The Labute approximate surface area is 123 Å². The average molecular weight is 282 g/mol. The number of unbranched alkanes of at least 4 members (excludes halogenated alkanes) is 2. The minimum atomic E-state index is -0.148. The molecular weight excluding hydrogens is 252 g/mol. The Morgan fingerprint density at radius 2 is 1.95 bits per heavy atom. The maximum Gasteiger partial charge on any atom is 0.305 e. The van der Waals surface area contributed by atoms with E-state index in [1.54, 1.807) is 0 Å². The van der Waals surface area contributed by atoms with Crippen LogP contribution < -0.4 is 0 Å². The summed E-state index contributed by atoms with van der Waals surface area (Å²) >= 11 is 0. The molecular formula is C17H30O3. The fraction of sp³-hybridized carbons (Fsp3) is 0.882. The molecule has 3 heteroatoms. The van der Waals surface area contributed by atoms with Crippen molar-refractivity contribution in [3.05, 3.63) is 0 Å². The molecule has 3 nitrogen and oxygen atoms in total. The summed E-state index contributed by atoms with van der Waals surface area (Å²) in [5.74, 6) is 0.926. The molecule has 2 unspecified atom stereocenters. The highest BCUT2D eigenvalue weighted by Crippen LogP contribution is 2.32. The molecule has 1 aliphatic carbocycles. The van der Waals surface area contributed by atoms with E-state index in [0.717, 1.165) is 25.7 Å². The molecule has 0 aromatic rings. The van der Waals surface area contributed by atoms with Crippen LogP contribution in [-0.4, -0.2) is 18.4 Å². The summed E-state index contributed by atoms with van der Waals surface area (Å²) in [6.07, 6.45) is 9.76. The van der Waals surface area contributed by atoms with Gasteiger partial charge in [0.2, 0.25) is 0 Å². The molecule has 0 aromatic heterocycles. The largest absolute Gasteiger partial charge is 0.466 e. The van der Waals surface area contributed by atoms with Gasteiger partial charge < -0.3 is 4.74 Å². The molecule has 0 saturated heterocycles. The topological polar surface area (TPSA) is 43.4 Å². The third-order valence-corrected chi connectivity index (χ3v) is 4.25. The number of carbonyl (C=O) groups is 2. The zero-order chi connectivity index (χ0) is 14.8. The lowest BCUT2D eigenvalue weighted by Crippen LogP contribution is -2.25. The number of esters is 1. The smallest absolute Gasteiger partial charge is 0.305 e. The van der Waals surface area contributed by atoms with Crippen molar-refractivity contribution in [2.75, 3.05) is 6.61 Å². The lowest BCUT2D eigenvalue weighted by molar-refractivity contribution is -0.144. The van der Waals surface area contributed by atoms with Crippen molar-refractivity contribution >= 4 is 11.8 Å². The fourth-order valence-corrected chi connectivity index (χ4v) is 2.97. The van der Waals surface area contributed by atoms with Gasteiger partial charge in [0, 0.05) is 18.8 Å². The third-order valence-electron chi connectivity index (χ3n) is 4.25. The highest BCUT2D eigenvalue weighted by molar-refractivity contribution is 5.82. The Morgan fingerprint density at radius 1 is 1.15 bits per heavy atom. The molecule has 116 valence electrons. The third kappa shape index (κ3) is 6.53. The predicted octanol–water partition coefficient (Wildman–Crippen LogP) is 4.29. The Hall–Kier alpha value is -0.860. The van der Waals surface area contributed by atoms with Crippen molar-refractivity contribution in [3.8, 4) is 0 Å². The minimum absolute atomic E-state index is 0.103. The van der Waals surface area contributed by atoms with E-state index in [2.05, 4.69) is 6.92 Å². The van der Waals surface area contributed by atoms with Gasteiger partial charge in [0.15, 0.2) is 0 Å². The first kappa shape index (κ1) is 17.2. The van der Waals surface area contributed by atoms with Gasteiger partial charge in [-0.15, -0.1) is 0 Å². The monoisotopic (exact) mass is 282 g/mol. The predicted molar refractivity (Wildman–Crippen MR) is 80.5 cm³/mol. The number of carbonyl (C=O) groups excluding carboxylic acids is 2. The molecule has 1 saturated carbocycles. The van der Waals surface area contributed by atoms with Gasteiger partial charge >= 0.3 is 5.97 Å². The van der Waals surface area contributed by atoms with Crippen LogP contribution in [0.5, 0.6) is 0 Å². The Bertz CT molecular complexity index is 299. The minimum Gasteiger partial charge on any atom is -0.466 e. The van der Waals surface area contributed by atoms with Gasteiger partial charge in [-0.2, -0.15) is 0 Å². The van der Waals surface area contributed by atoms with Gasteiger partial charge in [-0.05, 0) is 31.6 Å². The van der Waals surface area contributed by atoms with Crippen LogP contribution in [0.1, 0.15) is 78.1 Å². The molecule has 0 radical (unpaired) electrons. The van der Waals surface area contributed by atoms with E-state index in [4.69, 9.17) is 4.74 Å². The summed E-state index contributed by atoms with van der Waals surface area (Å²) in [6, 6.07) is 0. The van der Waals surface area contributed by atoms with Crippen LogP contribution >= 0.6 is 0 Å². The quantitative estimate of drug-likeness (QED) is 0.468. The maximum atomic E-state index is 12.1. The van der Waals surface area contributed by atoms with Gasteiger partial charge in [0.05, 0.1) is 6.61 Å². The number of ether oxygens (including phenoxy) is 1. The van der Waals surface area contributed by atoms with Crippen LogP contribution in [0.3, 0.4) is 0 Å². The number of rotatable bonds is 9. The van der Waals surface area contributed by atoms with Crippen LogP contribution in [0, 0.1) is 11.8 Å². The molecule has 0 aliphatic heterocycles. The summed E-state index contributed by atoms with van der Waals surface area (Å²) in [7, 11) is 0. The molecule has 0 aromatic carbocycles. The van der Waals surface area contributed by atoms with E-state index in [1.165, 1.54) is 25.7 Å². The number of hydrogen-bond donors (Lipinski definition) is 0. The van der Waals surface area contributed by atoms with E-state index in [1.807, 2.05) is 6.92 Å². The lowest BCUT2D eigenvalue weighted by Gasteiger charge is -2.27. The van der Waals surface area contributed by atoms with Crippen LogP contribution in [0.4, 0.5) is 0 Å². The fourth-order valence-electron chi connectivity index (χ4n) is 2.97. The van der Waals surface area contributed by atoms with E-state index < -0.39 is 0 Å². The second-order valence-electron chi connectivity index (χ2n) is 6.07. The number of hydrogen-bond acceptors (Lipinski definition) is 3. The second-order valence-corrected chi connectivity index (χ2v) is 6.07. The van der Waals surface area contributed by atoms with Crippen molar-refractivity contribution in [1.29, 1.82) is 0 Å². The molecule has 20 heavy (non-hydrogen) atoms. The van der Waals surface area contributed by atoms with Crippen LogP contribution in [-0.2, 0) is 14.3 Å². The summed E-state index contributed by atoms with van der Waals surface area (Å²) in [5.41, 5.74) is 0. The first-order valence-electron chi connectivity index (χ1n) is 8.35. The van der Waals surface area contributed by atoms with Crippen LogP contribution in [0.15, 0.2) is 0 Å². The molecule has 0 spiro atoms. The normalized spacial score (nSPS) is 22.8. The van der Waals surface area contributed by atoms with E-state index in [0.29, 0.717) is 31.1 Å². The first-order chi connectivity index (χ1) is 9.67. The van der Waals surface area contributed by atoms with Crippen molar-refractivity contribution in [2.45, 2.75) is 78.1 Å². The Balaban J connectivity index is 2.20. The SMILES string of the molecule is CCCCCC1CCC(CCC(=O)OCCC)C(=O)C1. The van der Waals surface area contributed by atoms with E-state index in [9.17, 15) is 9.59 Å². The Morgan fingerprint density at radius 3 is 2.60 bits per heavy atom. The number of ketones is 1. The highest BCUT2D eigenvalue weighted by atomic mass is 16.5. The van der Waals surface area contributed by atoms with Gasteiger partial charge in [0.25, 0.3) is 0 Å². The van der Waals surface area contributed by atoms with E-state index in [-0.39, 0.29) is 11.9 Å². The molecule has 0 bridgehead atoms. The van der Waals surface area contributed by atoms with Crippen LogP contribution in [0.25, 0.3) is 0 Å². The maximum absolute atomic E-state index is 12.1. The molecule has 0 heterocycles. The highest BCUT2D eigenvalue weighted by Gasteiger charge is 2.28. The molecule has 0 amide bonds. The molecule has 1 fully saturated rings. The van der Waals surface area contributed by atoms with Crippen LogP contribution in [0.2, 0.25) is 0 Å². The number of Topliss-reactive ketones (excluding diaryl/α,β-unsaturated/α-hetero) is 1. The summed E-state index contributed by atoms with van der Waals surface area (Å²) in [6.45, 7) is 4.69.